The molecule has 16 nitrogen and oxygen atoms in total. The summed E-state index contributed by atoms with van der Waals surface area (Å²) >= 11 is 2.76. The second-order valence-corrected chi connectivity index (χ2v) is 25.3. The lowest BCUT2D eigenvalue weighted by Crippen LogP contribution is -2.40. The number of hydrogen-bond acceptors (Lipinski definition) is 14. The lowest BCUT2D eigenvalue weighted by Gasteiger charge is -2.22. The molecule has 2 amide bonds. The number of ether oxygens (including phenoxy) is 1. The number of hydrogen-bond donors (Lipinski definition) is 7. The third-order valence-electron chi connectivity index (χ3n) is 9.34. The van der Waals surface area contributed by atoms with Gasteiger partial charge in [0.2, 0.25) is 31.9 Å². The van der Waals surface area contributed by atoms with Gasteiger partial charge < -0.3 is 31.5 Å². The number of aromatic nitrogens is 2. The van der Waals surface area contributed by atoms with E-state index in [0.29, 0.717) is 44.5 Å². The summed E-state index contributed by atoms with van der Waals surface area (Å²) in [5, 5.41) is 19.9. The number of nitrogens with one attached hydrogen (secondary N) is 5. The van der Waals surface area contributed by atoms with Gasteiger partial charge in [-0.1, -0.05) is 12.1 Å². The predicted octanol–water partition coefficient (Wildman–Crippen LogP) is 9.58. The van der Waals surface area contributed by atoms with Crippen molar-refractivity contribution in [3.8, 4) is 42.0 Å². The standard InChI is InChI=1S/C25H32N4O4S2.C21H24N4O3S2.C4H8O/c1-16(30)28-19-11-12-20(22(13-19)35(32,33)29-24(2,3)4)21-14-26-23(34-21)17-7-9-18(10-8-17)27-15-25(5,6)31;1-13(26)24-16-9-10-17(19(11-16)30(27,28)25-21(2,3)4)18-12-23-20(29-18)14-5-7-15(22)8-6-14;1-4(2)3-5-4/h7-14,27,29,31H,15H2,1-6H3,(H,28,30);5-12,25H,22H2,1-4H3,(H,24,26);3H2,1-2H3. The van der Waals surface area contributed by atoms with Crippen LogP contribution in [-0.2, 0) is 34.4 Å². The molecule has 1 aliphatic heterocycles. The molecule has 70 heavy (non-hydrogen) atoms. The van der Waals surface area contributed by atoms with Gasteiger partial charge in [0.1, 0.15) is 10.0 Å². The summed E-state index contributed by atoms with van der Waals surface area (Å²) in [5.41, 5.74) is 8.97. The summed E-state index contributed by atoms with van der Waals surface area (Å²) in [7, 11) is -7.74. The van der Waals surface area contributed by atoms with E-state index in [-0.39, 0.29) is 27.2 Å². The zero-order valence-electron chi connectivity index (χ0n) is 41.6. The smallest absolute Gasteiger partial charge is 0.241 e. The van der Waals surface area contributed by atoms with Crippen molar-refractivity contribution in [2.45, 2.75) is 115 Å². The van der Waals surface area contributed by atoms with Crippen LogP contribution in [0.4, 0.5) is 22.7 Å². The zero-order chi connectivity index (χ0) is 52.0. The predicted molar refractivity (Wildman–Crippen MR) is 284 cm³/mol. The number of epoxide rings is 1. The van der Waals surface area contributed by atoms with Crippen molar-refractivity contribution in [3.05, 3.63) is 97.3 Å². The molecule has 3 heterocycles. The summed E-state index contributed by atoms with van der Waals surface area (Å²) in [5.74, 6) is -0.566. The van der Waals surface area contributed by atoms with E-state index in [9.17, 15) is 31.5 Å². The van der Waals surface area contributed by atoms with Crippen LogP contribution in [0.2, 0.25) is 0 Å². The first-order valence-corrected chi connectivity index (χ1v) is 26.8. The number of aliphatic hydroxyl groups is 1. The maximum absolute atomic E-state index is 13.3. The van der Waals surface area contributed by atoms with Crippen LogP contribution in [0.1, 0.15) is 83.1 Å². The van der Waals surface area contributed by atoms with E-state index >= 15 is 0 Å². The average molecular weight is 1030 g/mol. The van der Waals surface area contributed by atoms with Gasteiger partial charge >= 0.3 is 0 Å². The van der Waals surface area contributed by atoms with E-state index in [4.69, 9.17) is 10.5 Å². The Kier molecular flexibility index (Phi) is 17.3. The van der Waals surface area contributed by atoms with Crippen molar-refractivity contribution in [2.75, 3.05) is 34.8 Å². The van der Waals surface area contributed by atoms with E-state index in [1.54, 1.807) is 104 Å². The Labute approximate surface area is 420 Å². The third kappa shape index (κ3) is 17.1. The molecule has 0 aliphatic carbocycles. The minimum absolute atomic E-state index is 0.0695. The molecule has 20 heteroatoms. The molecule has 6 aromatic rings. The van der Waals surface area contributed by atoms with Gasteiger partial charge in [0.25, 0.3) is 0 Å². The number of nitrogens with two attached hydrogens (primary N) is 1. The van der Waals surface area contributed by atoms with Crippen LogP contribution in [0.25, 0.3) is 42.0 Å². The molecule has 0 saturated carbocycles. The molecule has 0 bridgehead atoms. The Morgan fingerprint density at radius 1 is 0.657 bits per heavy atom. The number of carbonyl (C=O) groups excluding carboxylic acids is 2. The number of carbonyl (C=O) groups is 2. The second-order valence-electron chi connectivity index (χ2n) is 20.0. The highest BCUT2D eigenvalue weighted by atomic mass is 32.2. The van der Waals surface area contributed by atoms with Crippen LogP contribution in [-0.4, -0.2) is 79.2 Å². The second kappa shape index (κ2) is 21.8. The maximum atomic E-state index is 13.3. The number of nitrogen functional groups attached to an aromatic ring is 1. The normalized spacial score (nSPS) is 13.5. The number of anilines is 4. The summed E-state index contributed by atoms with van der Waals surface area (Å²) < 4.78 is 63.1. The fourth-order valence-corrected chi connectivity index (χ4v) is 11.6. The van der Waals surface area contributed by atoms with E-state index in [1.165, 1.54) is 48.7 Å². The molecule has 0 unspecified atom stereocenters. The molecule has 7 rings (SSSR count). The van der Waals surface area contributed by atoms with Crippen LogP contribution in [0.15, 0.2) is 107 Å². The summed E-state index contributed by atoms with van der Waals surface area (Å²) in [6.45, 7) is 22.4. The molecule has 0 atom stereocenters. The van der Waals surface area contributed by atoms with E-state index < -0.39 is 36.7 Å². The van der Waals surface area contributed by atoms with Crippen molar-refractivity contribution in [2.24, 2.45) is 0 Å². The minimum atomic E-state index is -3.89. The molecule has 0 radical (unpaired) electrons. The molecule has 0 spiro atoms. The molecule has 4 aromatic carbocycles. The summed E-state index contributed by atoms with van der Waals surface area (Å²) in [6, 6.07) is 24.7. The SMILES string of the molecule is CC(=O)Nc1ccc(-c2cnc(-c3ccc(N)cc3)s2)c(S(=O)(=O)NC(C)(C)C)c1.CC(=O)Nc1ccc(-c2cnc(-c3ccc(NCC(C)(C)O)cc3)s2)c(S(=O)(=O)NC(C)(C)C)c1.CC1(C)CO1. The first-order valence-electron chi connectivity index (χ1n) is 22.2. The first kappa shape index (κ1) is 55.3. The fraction of sp³-hybridized carbons (Fsp3) is 0.360. The van der Waals surface area contributed by atoms with Crippen LogP contribution in [0.3, 0.4) is 0 Å². The molecular weight excluding hydrogens is 969 g/mol. The van der Waals surface area contributed by atoms with Gasteiger partial charge in [-0.25, -0.2) is 36.2 Å². The molecule has 2 aromatic heterocycles. The monoisotopic (exact) mass is 1030 g/mol. The van der Waals surface area contributed by atoms with Gasteiger partial charge in [-0.3, -0.25) is 9.59 Å². The van der Waals surface area contributed by atoms with Gasteiger partial charge in [0, 0.05) is 88.9 Å². The van der Waals surface area contributed by atoms with Gasteiger partial charge in [0.05, 0.1) is 37.4 Å². The van der Waals surface area contributed by atoms with Crippen LogP contribution < -0.4 is 31.1 Å². The minimum Gasteiger partial charge on any atom is -0.399 e. The number of benzene rings is 4. The first-order chi connectivity index (χ1) is 32.3. The Bertz CT molecular complexity index is 3010. The zero-order valence-corrected chi connectivity index (χ0v) is 44.8. The molecule has 1 aliphatic rings. The lowest BCUT2D eigenvalue weighted by atomic mass is 10.1. The van der Waals surface area contributed by atoms with Crippen LogP contribution in [0, 0.1) is 0 Å². The van der Waals surface area contributed by atoms with Crippen molar-refractivity contribution in [3.63, 3.8) is 0 Å². The van der Waals surface area contributed by atoms with Crippen molar-refractivity contribution in [1.82, 2.24) is 19.4 Å². The highest BCUT2D eigenvalue weighted by molar-refractivity contribution is 7.90. The highest BCUT2D eigenvalue weighted by Gasteiger charge is 2.32. The Morgan fingerprint density at radius 2 is 1.01 bits per heavy atom. The van der Waals surface area contributed by atoms with Gasteiger partial charge in [-0.2, -0.15) is 0 Å². The Morgan fingerprint density at radius 3 is 1.34 bits per heavy atom. The van der Waals surface area contributed by atoms with E-state index in [1.807, 2.05) is 36.4 Å². The summed E-state index contributed by atoms with van der Waals surface area (Å²) in [6.07, 6.45) is 3.31. The number of nitrogens with zero attached hydrogens (tertiary/aromatic N) is 2. The van der Waals surface area contributed by atoms with Crippen molar-refractivity contribution in [1.29, 1.82) is 0 Å². The average Bonchev–Trinajstić information content (AvgIpc) is 3.56. The molecule has 8 N–H and O–H groups in total. The van der Waals surface area contributed by atoms with E-state index in [0.717, 1.165) is 33.4 Å². The summed E-state index contributed by atoms with van der Waals surface area (Å²) in [4.78, 5) is 33.5. The highest BCUT2D eigenvalue weighted by Crippen LogP contribution is 2.39. The quantitative estimate of drug-likeness (QED) is 0.0422. The number of sulfonamides is 2. The Hall–Kier alpha value is -5.58. The molecule has 1 saturated heterocycles. The fourth-order valence-electron chi connectivity index (χ4n) is 6.26. The number of thiazole rings is 2. The van der Waals surface area contributed by atoms with Crippen LogP contribution in [0.5, 0.6) is 0 Å². The maximum Gasteiger partial charge on any atom is 0.241 e. The largest absolute Gasteiger partial charge is 0.399 e. The van der Waals surface area contributed by atoms with Crippen LogP contribution >= 0.6 is 22.7 Å². The number of amides is 2. The third-order valence-corrected chi connectivity index (χ3v) is 15.1. The van der Waals surface area contributed by atoms with Gasteiger partial charge in [-0.05, 0) is 142 Å². The van der Waals surface area contributed by atoms with Crippen molar-refractivity contribution >= 4 is 77.3 Å². The molecular formula is C50H64N8O8S4. The topological polar surface area (TPSA) is 247 Å². The Balaban J connectivity index is 0.000000239. The lowest BCUT2D eigenvalue weighted by molar-refractivity contribution is -0.115. The molecule has 376 valence electrons. The van der Waals surface area contributed by atoms with Gasteiger partial charge in [-0.15, -0.1) is 22.7 Å². The van der Waals surface area contributed by atoms with E-state index in [2.05, 4.69) is 49.2 Å². The van der Waals surface area contributed by atoms with Gasteiger partial charge in [0.15, 0.2) is 0 Å². The molecule has 1 fully saturated rings. The number of rotatable bonds is 13. The van der Waals surface area contributed by atoms with Crippen molar-refractivity contribution < 1.29 is 36.3 Å².